The summed E-state index contributed by atoms with van der Waals surface area (Å²) >= 11 is 0. The van der Waals surface area contributed by atoms with E-state index < -0.39 is 20.0 Å². The monoisotopic (exact) mass is 378 g/mol. The summed E-state index contributed by atoms with van der Waals surface area (Å²) in [4.78, 5) is 0. The summed E-state index contributed by atoms with van der Waals surface area (Å²) in [5.41, 5.74) is 0.721. The standard InChI is InChI=1S/C14H22N2O6S2/c1-21-8-10-23(17,18)15-12-5-6-13(14(11-12)22-2)16-7-3-4-9-24(16,19)20/h5-6,11,15H,3-4,7-10H2,1-2H3. The first kappa shape index (κ1) is 18.8. The molecule has 136 valence electrons. The van der Waals surface area contributed by atoms with Gasteiger partial charge in [-0.25, -0.2) is 16.8 Å². The Balaban J connectivity index is 2.28. The topological polar surface area (TPSA) is 102 Å². The van der Waals surface area contributed by atoms with Crippen LogP contribution in [0.4, 0.5) is 11.4 Å². The highest BCUT2D eigenvalue weighted by molar-refractivity contribution is 7.93. The number of nitrogens with zero attached hydrogens (tertiary/aromatic N) is 1. The molecule has 0 spiro atoms. The fourth-order valence-electron chi connectivity index (χ4n) is 2.43. The Labute approximate surface area is 142 Å². The van der Waals surface area contributed by atoms with E-state index in [9.17, 15) is 16.8 Å². The van der Waals surface area contributed by atoms with Crippen molar-refractivity contribution in [2.75, 3.05) is 47.9 Å². The largest absolute Gasteiger partial charge is 0.494 e. The minimum atomic E-state index is -3.54. The lowest BCUT2D eigenvalue weighted by Crippen LogP contribution is -2.38. The normalized spacial score (nSPS) is 17.5. The molecule has 1 aliphatic heterocycles. The van der Waals surface area contributed by atoms with E-state index in [1.807, 2.05) is 0 Å². The fraction of sp³-hybridized carbons (Fsp3) is 0.571. The average Bonchev–Trinajstić information content (AvgIpc) is 2.52. The maximum absolute atomic E-state index is 12.2. The number of methoxy groups -OCH3 is 2. The number of hydrogen-bond acceptors (Lipinski definition) is 6. The van der Waals surface area contributed by atoms with Gasteiger partial charge in [0, 0.05) is 19.7 Å². The zero-order valence-electron chi connectivity index (χ0n) is 13.7. The second kappa shape index (κ2) is 7.58. The highest BCUT2D eigenvalue weighted by atomic mass is 32.2. The SMILES string of the molecule is COCCS(=O)(=O)Nc1ccc(N2CCCCS2(=O)=O)c(OC)c1. The van der Waals surface area contributed by atoms with Crippen molar-refractivity contribution in [1.82, 2.24) is 0 Å². The van der Waals surface area contributed by atoms with Gasteiger partial charge in [-0.2, -0.15) is 0 Å². The number of anilines is 2. The quantitative estimate of drug-likeness (QED) is 0.760. The van der Waals surface area contributed by atoms with Crippen LogP contribution in [0.5, 0.6) is 5.75 Å². The van der Waals surface area contributed by atoms with E-state index in [4.69, 9.17) is 9.47 Å². The van der Waals surface area contributed by atoms with Crippen molar-refractivity contribution >= 4 is 31.4 Å². The summed E-state index contributed by atoms with van der Waals surface area (Å²) in [5, 5.41) is 0. The Morgan fingerprint density at radius 2 is 2.00 bits per heavy atom. The Morgan fingerprint density at radius 3 is 2.62 bits per heavy atom. The Hall–Kier alpha value is -1.52. The second-order valence-electron chi connectivity index (χ2n) is 5.40. The van der Waals surface area contributed by atoms with E-state index in [2.05, 4.69) is 4.72 Å². The molecular weight excluding hydrogens is 356 g/mol. The molecule has 2 rings (SSSR count). The molecule has 1 aromatic rings. The summed E-state index contributed by atoms with van der Waals surface area (Å²) in [6.45, 7) is 0.466. The Morgan fingerprint density at radius 1 is 1.25 bits per heavy atom. The average molecular weight is 378 g/mol. The van der Waals surface area contributed by atoms with Crippen LogP contribution in [-0.2, 0) is 24.8 Å². The Kier molecular flexibility index (Phi) is 5.94. The summed E-state index contributed by atoms with van der Waals surface area (Å²) in [6.07, 6.45) is 1.41. The van der Waals surface area contributed by atoms with Gasteiger partial charge in [0.2, 0.25) is 20.0 Å². The van der Waals surface area contributed by atoms with E-state index >= 15 is 0 Å². The van der Waals surface area contributed by atoms with E-state index in [-0.39, 0.29) is 18.1 Å². The van der Waals surface area contributed by atoms with Gasteiger partial charge < -0.3 is 9.47 Å². The second-order valence-corrected chi connectivity index (χ2v) is 9.25. The molecule has 0 amide bonds. The number of nitrogens with one attached hydrogen (secondary N) is 1. The van der Waals surface area contributed by atoms with Crippen molar-refractivity contribution in [2.24, 2.45) is 0 Å². The molecular formula is C14H22N2O6S2. The molecule has 0 saturated carbocycles. The predicted molar refractivity (Wildman–Crippen MR) is 92.6 cm³/mol. The summed E-state index contributed by atoms with van der Waals surface area (Å²) in [5.74, 6) is 0.225. The molecule has 1 saturated heterocycles. The van der Waals surface area contributed by atoms with E-state index in [0.717, 1.165) is 6.42 Å². The molecule has 0 unspecified atom stereocenters. The van der Waals surface area contributed by atoms with Gasteiger partial charge in [0.05, 0.1) is 36.6 Å². The minimum absolute atomic E-state index is 0.0799. The van der Waals surface area contributed by atoms with Crippen LogP contribution in [0, 0.1) is 0 Å². The molecule has 1 N–H and O–H groups in total. The van der Waals surface area contributed by atoms with Gasteiger partial charge in [0.1, 0.15) is 5.75 Å². The zero-order valence-corrected chi connectivity index (χ0v) is 15.3. The molecule has 0 radical (unpaired) electrons. The van der Waals surface area contributed by atoms with Crippen molar-refractivity contribution in [3.05, 3.63) is 18.2 Å². The molecule has 10 heteroatoms. The molecule has 8 nitrogen and oxygen atoms in total. The molecule has 24 heavy (non-hydrogen) atoms. The van der Waals surface area contributed by atoms with Gasteiger partial charge in [0.25, 0.3) is 0 Å². The third kappa shape index (κ3) is 4.52. The lowest BCUT2D eigenvalue weighted by atomic mass is 10.2. The maximum atomic E-state index is 12.2. The first-order valence-corrected chi connectivity index (χ1v) is 10.7. The van der Waals surface area contributed by atoms with Crippen molar-refractivity contribution in [3.8, 4) is 5.75 Å². The van der Waals surface area contributed by atoms with Crippen LogP contribution >= 0.6 is 0 Å². The number of hydrogen-bond donors (Lipinski definition) is 1. The lowest BCUT2D eigenvalue weighted by molar-refractivity contribution is 0.217. The highest BCUT2D eigenvalue weighted by Crippen LogP contribution is 2.35. The summed E-state index contributed by atoms with van der Waals surface area (Å²) in [7, 11) is -4.08. The zero-order chi connectivity index (χ0) is 17.8. The van der Waals surface area contributed by atoms with Gasteiger partial charge in [-0.1, -0.05) is 0 Å². The van der Waals surface area contributed by atoms with Gasteiger partial charge in [0.15, 0.2) is 0 Å². The van der Waals surface area contributed by atoms with Crippen LogP contribution < -0.4 is 13.8 Å². The summed E-state index contributed by atoms with van der Waals surface area (Å²) in [6, 6.07) is 4.55. The van der Waals surface area contributed by atoms with Crippen molar-refractivity contribution < 1.29 is 26.3 Å². The number of benzene rings is 1. The molecule has 0 aliphatic carbocycles. The van der Waals surface area contributed by atoms with Crippen LogP contribution in [0.25, 0.3) is 0 Å². The maximum Gasteiger partial charge on any atom is 0.235 e. The molecule has 1 aromatic carbocycles. The first-order valence-electron chi connectivity index (χ1n) is 7.47. The van der Waals surface area contributed by atoms with Gasteiger partial charge in [-0.05, 0) is 25.0 Å². The van der Waals surface area contributed by atoms with Crippen molar-refractivity contribution in [2.45, 2.75) is 12.8 Å². The fourth-order valence-corrected chi connectivity index (χ4v) is 5.05. The number of rotatable bonds is 7. The molecule has 0 bridgehead atoms. The lowest BCUT2D eigenvalue weighted by Gasteiger charge is -2.29. The van der Waals surface area contributed by atoms with Crippen molar-refractivity contribution in [1.29, 1.82) is 0 Å². The van der Waals surface area contributed by atoms with Gasteiger partial charge in [-0.15, -0.1) is 0 Å². The van der Waals surface area contributed by atoms with E-state index in [0.29, 0.717) is 30.1 Å². The predicted octanol–water partition coefficient (Wildman–Crippen LogP) is 1.01. The van der Waals surface area contributed by atoms with Crippen LogP contribution in [0.3, 0.4) is 0 Å². The molecule has 0 atom stereocenters. The molecule has 1 heterocycles. The number of ether oxygens (including phenoxy) is 2. The van der Waals surface area contributed by atoms with E-state index in [1.54, 1.807) is 6.07 Å². The highest BCUT2D eigenvalue weighted by Gasteiger charge is 2.28. The Bertz CT molecular complexity index is 776. The van der Waals surface area contributed by atoms with Crippen LogP contribution in [0.1, 0.15) is 12.8 Å². The van der Waals surface area contributed by atoms with Crippen molar-refractivity contribution in [3.63, 3.8) is 0 Å². The number of sulfonamides is 2. The van der Waals surface area contributed by atoms with Crippen LogP contribution in [0.2, 0.25) is 0 Å². The molecule has 1 fully saturated rings. The van der Waals surface area contributed by atoms with Gasteiger partial charge in [-0.3, -0.25) is 9.03 Å². The third-order valence-corrected chi connectivity index (χ3v) is 6.73. The van der Waals surface area contributed by atoms with Crippen LogP contribution in [-0.4, -0.2) is 55.7 Å². The van der Waals surface area contributed by atoms with E-state index in [1.165, 1.54) is 30.7 Å². The molecule has 1 aliphatic rings. The molecule has 0 aromatic heterocycles. The minimum Gasteiger partial charge on any atom is -0.494 e. The van der Waals surface area contributed by atoms with Gasteiger partial charge >= 0.3 is 0 Å². The first-order chi connectivity index (χ1) is 11.3. The van der Waals surface area contributed by atoms with Crippen LogP contribution in [0.15, 0.2) is 18.2 Å². The third-order valence-electron chi connectivity index (χ3n) is 3.63. The smallest absolute Gasteiger partial charge is 0.235 e. The summed E-state index contributed by atoms with van der Waals surface area (Å²) < 4.78 is 62.0.